The topological polar surface area (TPSA) is 52.7 Å². The monoisotopic (exact) mass is 458 g/mol. The zero-order chi connectivity index (χ0) is 21.3. The van der Waals surface area contributed by atoms with E-state index >= 15 is 0 Å². The van der Waals surface area contributed by atoms with Gasteiger partial charge in [-0.2, -0.15) is 5.10 Å². The largest absolute Gasteiger partial charge is 0.281 e. The smallest absolute Gasteiger partial charge is 0.280 e. The second-order valence-electron chi connectivity index (χ2n) is 6.93. The second kappa shape index (κ2) is 8.84. The van der Waals surface area contributed by atoms with Gasteiger partial charge in [0, 0.05) is 22.3 Å². The van der Waals surface area contributed by atoms with Gasteiger partial charge in [0.25, 0.3) is 5.56 Å². The summed E-state index contributed by atoms with van der Waals surface area (Å²) in [6, 6.07) is 15.2. The molecule has 0 aliphatic heterocycles. The fourth-order valence-corrected chi connectivity index (χ4v) is 4.59. The van der Waals surface area contributed by atoms with Gasteiger partial charge in [0.2, 0.25) is 0 Å². The Hall–Kier alpha value is -2.28. The fraction of sp³-hybridized carbons (Fsp3) is 0.227. The first kappa shape index (κ1) is 21.0. The summed E-state index contributed by atoms with van der Waals surface area (Å²) in [6.07, 6.45) is 0. The lowest BCUT2D eigenvalue weighted by atomic mass is 10.2. The standard InChI is InChI=1S/C22H20Cl2N4OS/c1-3-28-20-19(14(2)26-28)25-22(30-13-16-5-4-6-18(24)11-16)27(21(20)29)12-15-7-9-17(23)10-8-15/h4-11H,3,12-13H2,1-2H3. The summed E-state index contributed by atoms with van der Waals surface area (Å²) >= 11 is 13.7. The van der Waals surface area contributed by atoms with Crippen molar-refractivity contribution in [3.63, 3.8) is 0 Å². The van der Waals surface area contributed by atoms with Crippen LogP contribution in [0.15, 0.2) is 58.5 Å². The van der Waals surface area contributed by atoms with Gasteiger partial charge in [0.1, 0.15) is 5.52 Å². The summed E-state index contributed by atoms with van der Waals surface area (Å²) in [5.41, 5.74) is 3.91. The predicted molar refractivity (Wildman–Crippen MR) is 124 cm³/mol. The number of hydrogen-bond acceptors (Lipinski definition) is 4. The Morgan fingerprint density at radius 1 is 1.03 bits per heavy atom. The molecular formula is C22H20Cl2N4OS. The molecular weight excluding hydrogens is 439 g/mol. The van der Waals surface area contributed by atoms with Gasteiger partial charge in [0.15, 0.2) is 10.7 Å². The van der Waals surface area contributed by atoms with Crippen molar-refractivity contribution in [1.29, 1.82) is 0 Å². The van der Waals surface area contributed by atoms with Crippen molar-refractivity contribution in [2.75, 3.05) is 0 Å². The number of aryl methyl sites for hydroxylation is 2. The van der Waals surface area contributed by atoms with E-state index in [1.54, 1.807) is 9.25 Å². The molecule has 2 aromatic carbocycles. The summed E-state index contributed by atoms with van der Waals surface area (Å²) in [5, 5.41) is 6.50. The van der Waals surface area contributed by atoms with E-state index in [1.807, 2.05) is 62.4 Å². The van der Waals surface area contributed by atoms with Crippen molar-refractivity contribution >= 4 is 46.0 Å². The maximum atomic E-state index is 13.5. The second-order valence-corrected chi connectivity index (χ2v) is 8.74. The van der Waals surface area contributed by atoms with Crippen LogP contribution in [0.5, 0.6) is 0 Å². The van der Waals surface area contributed by atoms with Gasteiger partial charge in [-0.15, -0.1) is 0 Å². The van der Waals surface area contributed by atoms with Crippen LogP contribution in [0.1, 0.15) is 23.7 Å². The minimum atomic E-state index is -0.0917. The Morgan fingerprint density at radius 2 is 1.80 bits per heavy atom. The molecule has 4 aromatic rings. The molecule has 0 saturated carbocycles. The first-order chi connectivity index (χ1) is 14.5. The molecule has 30 heavy (non-hydrogen) atoms. The van der Waals surface area contributed by atoms with Gasteiger partial charge in [-0.05, 0) is 49.2 Å². The zero-order valence-electron chi connectivity index (χ0n) is 16.6. The highest BCUT2D eigenvalue weighted by molar-refractivity contribution is 7.98. The van der Waals surface area contributed by atoms with Crippen LogP contribution in [0.25, 0.3) is 11.0 Å². The highest BCUT2D eigenvalue weighted by Crippen LogP contribution is 2.25. The number of aromatic nitrogens is 4. The Morgan fingerprint density at radius 3 is 2.50 bits per heavy atom. The third-order valence-corrected chi connectivity index (χ3v) is 6.33. The van der Waals surface area contributed by atoms with Gasteiger partial charge < -0.3 is 0 Å². The van der Waals surface area contributed by atoms with Crippen LogP contribution in [0.4, 0.5) is 0 Å². The van der Waals surface area contributed by atoms with E-state index in [0.29, 0.717) is 45.1 Å². The van der Waals surface area contributed by atoms with Crippen LogP contribution in [-0.4, -0.2) is 19.3 Å². The van der Waals surface area contributed by atoms with Crippen LogP contribution in [-0.2, 0) is 18.8 Å². The summed E-state index contributed by atoms with van der Waals surface area (Å²) in [5.74, 6) is 0.653. The summed E-state index contributed by atoms with van der Waals surface area (Å²) in [4.78, 5) is 18.3. The molecule has 0 bridgehead atoms. The maximum Gasteiger partial charge on any atom is 0.280 e. The number of rotatable bonds is 6. The molecule has 0 amide bonds. The molecule has 4 rings (SSSR count). The first-order valence-corrected chi connectivity index (χ1v) is 11.3. The van der Waals surface area contributed by atoms with E-state index in [9.17, 15) is 4.79 Å². The molecule has 0 aliphatic rings. The van der Waals surface area contributed by atoms with Crippen LogP contribution in [0.3, 0.4) is 0 Å². The Balaban J connectivity index is 1.80. The number of nitrogens with zero attached hydrogens (tertiary/aromatic N) is 4. The minimum Gasteiger partial charge on any atom is -0.281 e. The molecule has 0 fully saturated rings. The summed E-state index contributed by atoms with van der Waals surface area (Å²) in [7, 11) is 0. The molecule has 0 saturated heterocycles. The van der Waals surface area contributed by atoms with E-state index in [4.69, 9.17) is 28.2 Å². The first-order valence-electron chi connectivity index (χ1n) is 9.56. The van der Waals surface area contributed by atoms with Crippen molar-refractivity contribution in [1.82, 2.24) is 19.3 Å². The lowest BCUT2D eigenvalue weighted by molar-refractivity contribution is 0.636. The highest BCUT2D eigenvalue weighted by Gasteiger charge is 2.18. The molecule has 0 N–H and O–H groups in total. The van der Waals surface area contributed by atoms with E-state index < -0.39 is 0 Å². The van der Waals surface area contributed by atoms with Crippen molar-refractivity contribution in [3.8, 4) is 0 Å². The van der Waals surface area contributed by atoms with Crippen molar-refractivity contribution in [3.05, 3.63) is 85.8 Å². The molecule has 5 nitrogen and oxygen atoms in total. The van der Waals surface area contributed by atoms with Gasteiger partial charge in [-0.1, -0.05) is 59.2 Å². The summed E-state index contributed by atoms with van der Waals surface area (Å²) in [6.45, 7) is 4.87. The van der Waals surface area contributed by atoms with Crippen molar-refractivity contribution < 1.29 is 0 Å². The molecule has 2 heterocycles. The van der Waals surface area contributed by atoms with Crippen molar-refractivity contribution in [2.24, 2.45) is 0 Å². The van der Waals surface area contributed by atoms with Crippen LogP contribution >= 0.6 is 35.0 Å². The lowest BCUT2D eigenvalue weighted by Crippen LogP contribution is -2.25. The maximum absolute atomic E-state index is 13.5. The number of halogens is 2. The van der Waals surface area contributed by atoms with E-state index in [0.717, 1.165) is 16.8 Å². The third kappa shape index (κ3) is 4.26. The van der Waals surface area contributed by atoms with Gasteiger partial charge >= 0.3 is 0 Å². The highest BCUT2D eigenvalue weighted by atomic mass is 35.5. The number of fused-ring (bicyclic) bond motifs is 1. The van der Waals surface area contributed by atoms with E-state index in [2.05, 4.69) is 5.10 Å². The number of benzene rings is 2. The number of hydrogen-bond donors (Lipinski definition) is 0. The van der Waals surface area contributed by atoms with Crippen LogP contribution in [0, 0.1) is 6.92 Å². The zero-order valence-corrected chi connectivity index (χ0v) is 18.9. The van der Waals surface area contributed by atoms with Crippen LogP contribution < -0.4 is 5.56 Å². The van der Waals surface area contributed by atoms with E-state index in [-0.39, 0.29) is 5.56 Å². The Bertz CT molecular complexity index is 1260. The molecule has 0 unspecified atom stereocenters. The van der Waals surface area contributed by atoms with Crippen LogP contribution in [0.2, 0.25) is 10.0 Å². The fourth-order valence-electron chi connectivity index (χ4n) is 3.31. The normalized spacial score (nSPS) is 11.3. The molecule has 8 heteroatoms. The Kier molecular flexibility index (Phi) is 6.18. The van der Waals surface area contributed by atoms with Gasteiger partial charge in [0.05, 0.1) is 12.2 Å². The van der Waals surface area contributed by atoms with E-state index in [1.165, 1.54) is 11.8 Å². The molecule has 2 aromatic heterocycles. The molecule has 0 atom stereocenters. The third-order valence-electron chi connectivity index (χ3n) is 4.79. The van der Waals surface area contributed by atoms with Gasteiger partial charge in [-0.25, -0.2) is 4.98 Å². The quantitative estimate of drug-likeness (QED) is 0.280. The predicted octanol–water partition coefficient (Wildman–Crippen LogP) is 5.57. The molecule has 0 spiro atoms. The molecule has 0 radical (unpaired) electrons. The average Bonchev–Trinajstić information content (AvgIpc) is 3.06. The van der Waals surface area contributed by atoms with Crippen molar-refractivity contribution in [2.45, 2.75) is 37.8 Å². The molecule has 154 valence electrons. The number of thioether (sulfide) groups is 1. The Labute approximate surface area is 188 Å². The summed E-state index contributed by atoms with van der Waals surface area (Å²) < 4.78 is 3.44. The lowest BCUT2D eigenvalue weighted by Gasteiger charge is -2.13. The molecule has 0 aliphatic carbocycles. The average molecular weight is 459 g/mol. The van der Waals surface area contributed by atoms with Gasteiger partial charge in [-0.3, -0.25) is 14.0 Å². The minimum absolute atomic E-state index is 0.0917. The SMILES string of the molecule is CCn1nc(C)c2nc(SCc3cccc(Cl)c3)n(Cc3ccc(Cl)cc3)c(=O)c21.